The van der Waals surface area contributed by atoms with Crippen LogP contribution in [0.2, 0.25) is 0 Å². The van der Waals surface area contributed by atoms with Gasteiger partial charge in [0.25, 0.3) is 5.91 Å². The number of aryl methyl sites for hydroxylation is 1. The van der Waals surface area contributed by atoms with Crippen LogP contribution in [-0.2, 0) is 16.0 Å². The third-order valence-electron chi connectivity index (χ3n) is 5.55. The van der Waals surface area contributed by atoms with E-state index in [1.807, 2.05) is 77.7 Å². The fraction of sp³-hybridized carbons (Fsp3) is 0.192. The number of rotatable bonds is 8. The van der Waals surface area contributed by atoms with E-state index in [9.17, 15) is 9.59 Å². The minimum Gasteiger partial charge on any atom is -0.336 e. The van der Waals surface area contributed by atoms with Gasteiger partial charge in [0, 0.05) is 16.7 Å². The molecule has 0 bridgehead atoms. The number of benzene rings is 3. The lowest BCUT2D eigenvalue weighted by molar-refractivity contribution is -0.124. The van der Waals surface area contributed by atoms with E-state index in [1.165, 1.54) is 5.56 Å². The van der Waals surface area contributed by atoms with Crippen LogP contribution in [0, 0.1) is 0 Å². The summed E-state index contributed by atoms with van der Waals surface area (Å²) in [6, 6.07) is 26.3. The van der Waals surface area contributed by atoms with E-state index in [0.717, 1.165) is 23.0 Å². The van der Waals surface area contributed by atoms with Crippen molar-refractivity contribution in [2.75, 3.05) is 16.8 Å². The molecule has 33 heavy (non-hydrogen) atoms. The molecule has 1 aliphatic rings. The van der Waals surface area contributed by atoms with E-state index >= 15 is 0 Å². The Kier molecular flexibility index (Phi) is 7.52. The third kappa shape index (κ3) is 5.67. The molecule has 2 amide bonds. The summed E-state index contributed by atoms with van der Waals surface area (Å²) >= 11 is 9.11. The minimum atomic E-state index is -0.635. The van der Waals surface area contributed by atoms with Gasteiger partial charge in [0.1, 0.15) is 6.04 Å². The van der Waals surface area contributed by atoms with E-state index in [1.54, 1.807) is 4.90 Å². The number of hydrogen-bond acceptors (Lipinski definition) is 3. The number of carbonyl (C=O) groups excluding carboxylic acids is 2. The van der Waals surface area contributed by atoms with Crippen molar-refractivity contribution in [1.29, 1.82) is 0 Å². The molecule has 7 heteroatoms. The highest BCUT2D eigenvalue weighted by atomic mass is 79.9. The fourth-order valence-electron chi connectivity index (χ4n) is 3.92. The van der Waals surface area contributed by atoms with E-state index in [4.69, 9.17) is 12.2 Å². The average Bonchev–Trinajstić information content (AvgIpc) is 3.05. The SMILES string of the molecule is O=C(CC1C(=O)N(c2ccccc2)C(=S)N1CCCc1ccccc1)Nc1ccc(Br)cc1. The molecule has 5 nitrogen and oxygen atoms in total. The molecule has 1 N–H and O–H groups in total. The Labute approximate surface area is 207 Å². The van der Waals surface area contributed by atoms with Crippen molar-refractivity contribution in [3.05, 3.63) is 95.0 Å². The zero-order chi connectivity index (χ0) is 23.2. The lowest BCUT2D eigenvalue weighted by atomic mass is 10.1. The zero-order valence-corrected chi connectivity index (χ0v) is 20.4. The second-order valence-electron chi connectivity index (χ2n) is 7.85. The molecule has 0 aromatic heterocycles. The predicted octanol–water partition coefficient (Wildman–Crippen LogP) is 5.41. The van der Waals surface area contributed by atoms with E-state index in [0.29, 0.717) is 17.3 Å². The predicted molar refractivity (Wildman–Crippen MR) is 139 cm³/mol. The van der Waals surface area contributed by atoms with Gasteiger partial charge in [0.2, 0.25) is 5.91 Å². The van der Waals surface area contributed by atoms with Crippen molar-refractivity contribution in [2.24, 2.45) is 0 Å². The van der Waals surface area contributed by atoms with Crippen LogP contribution in [0.4, 0.5) is 11.4 Å². The molecule has 1 heterocycles. The van der Waals surface area contributed by atoms with Gasteiger partial charge < -0.3 is 10.2 Å². The summed E-state index contributed by atoms with van der Waals surface area (Å²) in [6.45, 7) is 0.596. The molecular weight excluding hydrogens is 498 g/mol. The van der Waals surface area contributed by atoms with Crippen molar-refractivity contribution in [3.63, 3.8) is 0 Å². The van der Waals surface area contributed by atoms with Crippen LogP contribution in [0.1, 0.15) is 18.4 Å². The molecule has 168 valence electrons. The first-order chi connectivity index (χ1) is 16.0. The number of hydrogen-bond donors (Lipinski definition) is 1. The number of nitrogens with one attached hydrogen (secondary N) is 1. The van der Waals surface area contributed by atoms with Crippen LogP contribution in [-0.4, -0.2) is 34.4 Å². The topological polar surface area (TPSA) is 52.7 Å². The van der Waals surface area contributed by atoms with Gasteiger partial charge >= 0.3 is 0 Å². The van der Waals surface area contributed by atoms with Gasteiger partial charge in [-0.05, 0) is 67.0 Å². The Balaban J connectivity index is 1.49. The summed E-state index contributed by atoms with van der Waals surface area (Å²) in [6.07, 6.45) is 1.73. The quantitative estimate of drug-likeness (QED) is 0.402. The number of thiocarbonyl (C=S) groups is 1. The highest BCUT2D eigenvalue weighted by Crippen LogP contribution is 2.28. The maximum absolute atomic E-state index is 13.4. The first-order valence-electron chi connectivity index (χ1n) is 10.8. The fourth-order valence-corrected chi connectivity index (χ4v) is 4.60. The summed E-state index contributed by atoms with van der Waals surface area (Å²) in [7, 11) is 0. The summed E-state index contributed by atoms with van der Waals surface area (Å²) in [5, 5.41) is 3.33. The van der Waals surface area contributed by atoms with Gasteiger partial charge in [-0.15, -0.1) is 0 Å². The van der Waals surface area contributed by atoms with Crippen LogP contribution in [0.3, 0.4) is 0 Å². The zero-order valence-electron chi connectivity index (χ0n) is 18.0. The second kappa shape index (κ2) is 10.7. The highest BCUT2D eigenvalue weighted by Gasteiger charge is 2.43. The van der Waals surface area contributed by atoms with Crippen molar-refractivity contribution in [3.8, 4) is 0 Å². The minimum absolute atomic E-state index is 0.0315. The van der Waals surface area contributed by atoms with Crippen LogP contribution in [0.5, 0.6) is 0 Å². The van der Waals surface area contributed by atoms with E-state index in [2.05, 4.69) is 33.4 Å². The van der Waals surface area contributed by atoms with Crippen molar-refractivity contribution in [1.82, 2.24) is 4.90 Å². The summed E-state index contributed by atoms with van der Waals surface area (Å²) in [4.78, 5) is 29.7. The Morgan fingerprint density at radius 1 is 0.939 bits per heavy atom. The van der Waals surface area contributed by atoms with Crippen molar-refractivity contribution in [2.45, 2.75) is 25.3 Å². The first-order valence-corrected chi connectivity index (χ1v) is 12.0. The second-order valence-corrected chi connectivity index (χ2v) is 9.13. The summed E-state index contributed by atoms with van der Waals surface area (Å²) in [5.74, 6) is -0.390. The molecule has 3 aromatic carbocycles. The molecule has 1 saturated heterocycles. The number of anilines is 2. The Morgan fingerprint density at radius 3 is 2.24 bits per heavy atom. The molecule has 1 fully saturated rings. The number of para-hydroxylation sites is 1. The molecule has 3 aromatic rings. The highest BCUT2D eigenvalue weighted by molar-refractivity contribution is 9.10. The number of amides is 2. The first kappa shape index (κ1) is 23.1. The van der Waals surface area contributed by atoms with Gasteiger partial charge in [0.05, 0.1) is 12.1 Å². The standard InChI is InChI=1S/C26H24BrN3O2S/c27-20-13-15-21(16-14-20)28-24(31)18-23-25(32)30(22-11-5-2-6-12-22)26(33)29(23)17-7-10-19-8-3-1-4-9-19/h1-6,8-9,11-16,23H,7,10,17-18H2,(H,28,31). The number of carbonyl (C=O) groups is 2. The number of nitrogens with zero attached hydrogens (tertiary/aromatic N) is 2. The normalized spacial score (nSPS) is 15.7. The van der Waals surface area contributed by atoms with Gasteiger partial charge in [-0.2, -0.15) is 0 Å². The third-order valence-corrected chi connectivity index (χ3v) is 6.49. The molecule has 1 aliphatic heterocycles. The molecular formula is C26H24BrN3O2S. The molecule has 1 unspecified atom stereocenters. The van der Waals surface area contributed by atoms with Crippen LogP contribution in [0.15, 0.2) is 89.4 Å². The van der Waals surface area contributed by atoms with Crippen LogP contribution < -0.4 is 10.2 Å². The number of halogens is 1. The monoisotopic (exact) mass is 521 g/mol. The maximum atomic E-state index is 13.4. The summed E-state index contributed by atoms with van der Waals surface area (Å²) < 4.78 is 0.930. The Bertz CT molecular complexity index is 1120. The Hall–Kier alpha value is -3.03. The van der Waals surface area contributed by atoms with Gasteiger partial charge in [0.15, 0.2) is 5.11 Å². The van der Waals surface area contributed by atoms with E-state index < -0.39 is 6.04 Å². The van der Waals surface area contributed by atoms with Crippen LogP contribution >= 0.6 is 28.1 Å². The molecule has 0 saturated carbocycles. The molecule has 4 rings (SSSR count). The lowest BCUT2D eigenvalue weighted by Gasteiger charge is -2.24. The summed E-state index contributed by atoms with van der Waals surface area (Å²) in [5.41, 5.74) is 2.64. The van der Waals surface area contributed by atoms with Crippen LogP contribution in [0.25, 0.3) is 0 Å². The van der Waals surface area contributed by atoms with Crippen molar-refractivity contribution < 1.29 is 9.59 Å². The van der Waals surface area contributed by atoms with Gasteiger partial charge in [-0.1, -0.05) is 64.5 Å². The van der Waals surface area contributed by atoms with Gasteiger partial charge in [-0.25, -0.2) is 0 Å². The lowest BCUT2D eigenvalue weighted by Crippen LogP contribution is -2.38. The molecule has 0 spiro atoms. The molecule has 0 radical (unpaired) electrons. The molecule has 1 atom stereocenters. The molecule has 0 aliphatic carbocycles. The Morgan fingerprint density at radius 2 is 1.58 bits per heavy atom. The van der Waals surface area contributed by atoms with Crippen molar-refractivity contribution >= 4 is 56.4 Å². The largest absolute Gasteiger partial charge is 0.336 e. The van der Waals surface area contributed by atoms with Gasteiger partial charge in [-0.3, -0.25) is 14.5 Å². The average molecular weight is 522 g/mol. The maximum Gasteiger partial charge on any atom is 0.256 e. The van der Waals surface area contributed by atoms with E-state index in [-0.39, 0.29) is 18.2 Å². The smallest absolute Gasteiger partial charge is 0.256 e.